The van der Waals surface area contributed by atoms with E-state index in [-0.39, 0.29) is 5.92 Å². The van der Waals surface area contributed by atoms with Gasteiger partial charge in [-0.15, -0.1) is 11.3 Å². The van der Waals surface area contributed by atoms with Crippen LogP contribution in [0.15, 0.2) is 46.3 Å². The van der Waals surface area contributed by atoms with Gasteiger partial charge in [-0.3, -0.25) is 4.79 Å². The van der Waals surface area contributed by atoms with Crippen LogP contribution in [0.4, 0.5) is 0 Å². The lowest BCUT2D eigenvalue weighted by molar-refractivity contribution is -0.120. The Kier molecular flexibility index (Phi) is 5.55. The molecule has 0 aliphatic carbocycles. The third-order valence-electron chi connectivity index (χ3n) is 3.69. The highest BCUT2D eigenvalue weighted by Gasteiger charge is 2.25. The second-order valence-electron chi connectivity index (χ2n) is 5.15. The van der Waals surface area contributed by atoms with Crippen LogP contribution in [-0.4, -0.2) is 5.78 Å². The largest absolute Gasteiger partial charge is 0.299 e. The number of rotatable bonds is 6. The number of Topliss-reactive ketones (excluding diaryl/α,β-unsaturated/α-hetero) is 1. The Bertz CT molecular complexity index is 561. The Balaban J connectivity index is 2.20. The number of hydrogen-bond acceptors (Lipinski definition) is 2. The lowest BCUT2D eigenvalue weighted by atomic mass is 9.81. The number of halogens is 1. The van der Waals surface area contributed by atoms with Crippen molar-refractivity contribution in [1.29, 1.82) is 0 Å². The van der Waals surface area contributed by atoms with Gasteiger partial charge in [0.2, 0.25) is 0 Å². The molecule has 1 aromatic heterocycles. The first-order valence-electron chi connectivity index (χ1n) is 6.92. The van der Waals surface area contributed by atoms with E-state index in [1.165, 1.54) is 0 Å². The molecule has 0 aliphatic rings. The summed E-state index contributed by atoms with van der Waals surface area (Å²) in [5.41, 5.74) is 1.14. The standard InChI is InChI=1S/C17H19BrOS/c1-3-12(2)17(13-7-5-4-6-8-13)16(19)10-15-9-14(18)11-20-15/h4-9,11-12,17H,3,10H2,1-2H3. The molecule has 2 unspecified atom stereocenters. The molecule has 106 valence electrons. The number of hydrogen-bond donors (Lipinski definition) is 0. The first-order chi connectivity index (χ1) is 9.61. The maximum Gasteiger partial charge on any atom is 0.145 e. The maximum atomic E-state index is 12.7. The topological polar surface area (TPSA) is 17.1 Å². The Hall–Kier alpha value is -0.930. The summed E-state index contributed by atoms with van der Waals surface area (Å²) in [5, 5.41) is 2.03. The monoisotopic (exact) mass is 350 g/mol. The molecule has 1 nitrogen and oxygen atoms in total. The Morgan fingerprint density at radius 3 is 2.55 bits per heavy atom. The van der Waals surface area contributed by atoms with E-state index in [1.54, 1.807) is 11.3 Å². The van der Waals surface area contributed by atoms with Gasteiger partial charge >= 0.3 is 0 Å². The van der Waals surface area contributed by atoms with Gasteiger partial charge in [0.25, 0.3) is 0 Å². The molecule has 0 saturated heterocycles. The number of carbonyl (C=O) groups excluding carboxylic acids is 1. The minimum atomic E-state index is 0.00192. The average Bonchev–Trinajstić information content (AvgIpc) is 2.85. The Morgan fingerprint density at radius 1 is 1.30 bits per heavy atom. The molecule has 0 radical (unpaired) electrons. The smallest absolute Gasteiger partial charge is 0.145 e. The SMILES string of the molecule is CCC(C)C(C(=O)Cc1cc(Br)cs1)c1ccccc1. The summed E-state index contributed by atoms with van der Waals surface area (Å²) in [7, 11) is 0. The Morgan fingerprint density at radius 2 is 2.00 bits per heavy atom. The molecule has 0 aliphatic heterocycles. The second-order valence-corrected chi connectivity index (χ2v) is 7.06. The lowest BCUT2D eigenvalue weighted by Crippen LogP contribution is -2.21. The molecule has 0 saturated carbocycles. The molecule has 3 heteroatoms. The van der Waals surface area contributed by atoms with E-state index in [1.807, 2.05) is 29.6 Å². The van der Waals surface area contributed by atoms with Gasteiger partial charge in [0.05, 0.1) is 0 Å². The van der Waals surface area contributed by atoms with Crippen molar-refractivity contribution >= 4 is 33.0 Å². The molecule has 0 fully saturated rings. The van der Waals surface area contributed by atoms with E-state index in [9.17, 15) is 4.79 Å². The average molecular weight is 351 g/mol. The first-order valence-corrected chi connectivity index (χ1v) is 8.59. The molecule has 20 heavy (non-hydrogen) atoms. The summed E-state index contributed by atoms with van der Waals surface area (Å²) < 4.78 is 1.06. The van der Waals surface area contributed by atoms with E-state index < -0.39 is 0 Å². The Labute approximate surface area is 133 Å². The summed E-state index contributed by atoms with van der Waals surface area (Å²) in [5.74, 6) is 0.690. The van der Waals surface area contributed by atoms with E-state index in [0.29, 0.717) is 18.1 Å². The predicted molar refractivity (Wildman–Crippen MR) is 89.4 cm³/mol. The van der Waals surface area contributed by atoms with Crippen LogP contribution in [0.5, 0.6) is 0 Å². The fraction of sp³-hybridized carbons (Fsp3) is 0.353. The van der Waals surface area contributed by atoms with Gasteiger partial charge in [0.15, 0.2) is 0 Å². The van der Waals surface area contributed by atoms with Crippen molar-refractivity contribution in [3.05, 3.63) is 56.7 Å². The van der Waals surface area contributed by atoms with Crippen LogP contribution in [0.2, 0.25) is 0 Å². The zero-order valence-corrected chi connectivity index (χ0v) is 14.2. The number of thiophene rings is 1. The molecule has 0 bridgehead atoms. The molecule has 0 N–H and O–H groups in total. The zero-order chi connectivity index (χ0) is 14.5. The van der Waals surface area contributed by atoms with Gasteiger partial charge < -0.3 is 0 Å². The summed E-state index contributed by atoms with van der Waals surface area (Å²) in [6.45, 7) is 4.32. The van der Waals surface area contributed by atoms with Crippen molar-refractivity contribution in [2.24, 2.45) is 5.92 Å². The quantitative estimate of drug-likeness (QED) is 0.676. The number of benzene rings is 1. The second kappa shape index (κ2) is 7.19. The highest BCUT2D eigenvalue weighted by Crippen LogP contribution is 2.30. The van der Waals surface area contributed by atoms with E-state index >= 15 is 0 Å². The van der Waals surface area contributed by atoms with E-state index in [0.717, 1.165) is 21.3 Å². The van der Waals surface area contributed by atoms with Crippen molar-refractivity contribution in [1.82, 2.24) is 0 Å². The van der Waals surface area contributed by atoms with Crippen molar-refractivity contribution in [2.45, 2.75) is 32.6 Å². The minimum Gasteiger partial charge on any atom is -0.299 e. The molecule has 1 aromatic carbocycles. The zero-order valence-electron chi connectivity index (χ0n) is 11.8. The van der Waals surface area contributed by atoms with Crippen LogP contribution in [0.3, 0.4) is 0 Å². The first kappa shape index (κ1) is 15.5. The third-order valence-corrected chi connectivity index (χ3v) is 5.39. The number of carbonyl (C=O) groups is 1. The van der Waals surface area contributed by atoms with Gasteiger partial charge in [0, 0.05) is 27.1 Å². The van der Waals surface area contributed by atoms with Gasteiger partial charge in [-0.2, -0.15) is 0 Å². The van der Waals surface area contributed by atoms with Gasteiger partial charge in [0.1, 0.15) is 5.78 Å². The minimum absolute atomic E-state index is 0.00192. The van der Waals surface area contributed by atoms with Crippen molar-refractivity contribution in [3.8, 4) is 0 Å². The van der Waals surface area contributed by atoms with Crippen molar-refractivity contribution in [3.63, 3.8) is 0 Å². The van der Waals surface area contributed by atoms with Crippen LogP contribution < -0.4 is 0 Å². The normalized spacial score (nSPS) is 13.9. The summed E-state index contributed by atoms with van der Waals surface area (Å²) in [6, 6.07) is 12.2. The molecular formula is C17H19BrOS. The maximum absolute atomic E-state index is 12.7. The lowest BCUT2D eigenvalue weighted by Gasteiger charge is -2.22. The van der Waals surface area contributed by atoms with Crippen LogP contribution >= 0.6 is 27.3 Å². The van der Waals surface area contributed by atoms with E-state index in [2.05, 4.69) is 41.9 Å². The summed E-state index contributed by atoms with van der Waals surface area (Å²) in [6.07, 6.45) is 1.54. The highest BCUT2D eigenvalue weighted by molar-refractivity contribution is 9.10. The number of ketones is 1. The molecule has 2 rings (SSSR count). The predicted octanol–water partition coefficient (Wildman–Crippen LogP) is 5.45. The molecule has 2 atom stereocenters. The van der Waals surface area contributed by atoms with Crippen LogP contribution in [-0.2, 0) is 11.2 Å². The summed E-state index contributed by atoms with van der Waals surface area (Å²) in [4.78, 5) is 13.8. The fourth-order valence-electron chi connectivity index (χ4n) is 2.46. The van der Waals surface area contributed by atoms with Gasteiger partial charge in [-0.1, -0.05) is 50.6 Å². The van der Waals surface area contributed by atoms with Crippen molar-refractivity contribution < 1.29 is 4.79 Å². The molecule has 0 spiro atoms. The molecule has 0 amide bonds. The molecular weight excluding hydrogens is 332 g/mol. The third kappa shape index (κ3) is 3.80. The van der Waals surface area contributed by atoms with Gasteiger partial charge in [-0.05, 0) is 33.5 Å². The van der Waals surface area contributed by atoms with Gasteiger partial charge in [-0.25, -0.2) is 0 Å². The van der Waals surface area contributed by atoms with E-state index in [4.69, 9.17) is 0 Å². The fourth-order valence-corrected chi connectivity index (χ4v) is 3.92. The van der Waals surface area contributed by atoms with Crippen LogP contribution in [0.1, 0.15) is 36.6 Å². The highest BCUT2D eigenvalue weighted by atomic mass is 79.9. The summed E-state index contributed by atoms with van der Waals surface area (Å²) >= 11 is 5.09. The molecule has 1 heterocycles. The van der Waals surface area contributed by atoms with Crippen LogP contribution in [0.25, 0.3) is 0 Å². The van der Waals surface area contributed by atoms with Crippen molar-refractivity contribution in [2.75, 3.05) is 0 Å². The molecule has 2 aromatic rings. The van der Waals surface area contributed by atoms with Crippen LogP contribution in [0, 0.1) is 5.92 Å².